The lowest BCUT2D eigenvalue weighted by Crippen LogP contribution is -2.36. The third kappa shape index (κ3) is 5.15. The van der Waals surface area contributed by atoms with Crippen molar-refractivity contribution in [3.05, 3.63) is 0 Å². The second-order valence-corrected chi connectivity index (χ2v) is 3.72. The summed E-state index contributed by atoms with van der Waals surface area (Å²) >= 11 is 0. The third-order valence-electron chi connectivity index (χ3n) is 2.35. The molecule has 0 aliphatic carbocycles. The van der Waals surface area contributed by atoms with Crippen molar-refractivity contribution in [2.45, 2.75) is 26.4 Å². The fourth-order valence-corrected chi connectivity index (χ4v) is 1.45. The molecule has 0 radical (unpaired) electrons. The number of esters is 1. The Kier molecular flexibility index (Phi) is 5.91. The molecular weight excluding hydrogens is 206 g/mol. The molecule has 1 heterocycles. The molecule has 4 nitrogen and oxygen atoms in total. The lowest BCUT2D eigenvalue weighted by molar-refractivity contribution is -0.143. The van der Waals surface area contributed by atoms with E-state index in [-0.39, 0.29) is 12.1 Å². The van der Waals surface area contributed by atoms with Crippen molar-refractivity contribution in [3.63, 3.8) is 0 Å². The highest BCUT2D eigenvalue weighted by Gasteiger charge is 2.08. The first-order valence-corrected chi connectivity index (χ1v) is 5.68. The van der Waals surface area contributed by atoms with E-state index < -0.39 is 0 Å². The summed E-state index contributed by atoms with van der Waals surface area (Å²) in [4.78, 5) is 13.0. The number of morpholine rings is 1. The molecule has 1 aliphatic rings. The van der Waals surface area contributed by atoms with E-state index in [1.165, 1.54) is 6.92 Å². The van der Waals surface area contributed by atoms with E-state index in [9.17, 15) is 4.79 Å². The number of hydrogen-bond acceptors (Lipinski definition) is 4. The maximum atomic E-state index is 10.8. The Balaban J connectivity index is 2.30. The standard InChI is InChI=1S/C12H19NO3/c1-3-12(16-11(2)14)5-4-6-13-7-9-15-10-8-13/h12H,3,6-10H2,1-2H3/t12-/m0/s1. The van der Waals surface area contributed by atoms with Crippen molar-refractivity contribution in [1.29, 1.82) is 0 Å². The largest absolute Gasteiger partial charge is 0.449 e. The van der Waals surface area contributed by atoms with Crippen molar-refractivity contribution >= 4 is 5.97 Å². The van der Waals surface area contributed by atoms with Gasteiger partial charge in [-0.25, -0.2) is 0 Å². The van der Waals surface area contributed by atoms with Crippen LogP contribution < -0.4 is 0 Å². The Bertz CT molecular complexity index is 274. The summed E-state index contributed by atoms with van der Waals surface area (Å²) in [6.07, 6.45) is 0.467. The molecule has 0 saturated carbocycles. The maximum absolute atomic E-state index is 10.8. The van der Waals surface area contributed by atoms with Crippen LogP contribution in [0.3, 0.4) is 0 Å². The number of carbonyl (C=O) groups is 1. The average Bonchev–Trinajstić information content (AvgIpc) is 2.28. The van der Waals surface area contributed by atoms with E-state index in [4.69, 9.17) is 9.47 Å². The molecule has 1 aliphatic heterocycles. The number of rotatable bonds is 3. The zero-order chi connectivity index (χ0) is 11.8. The van der Waals surface area contributed by atoms with Gasteiger partial charge < -0.3 is 9.47 Å². The highest BCUT2D eigenvalue weighted by Crippen LogP contribution is 1.98. The summed E-state index contributed by atoms with van der Waals surface area (Å²) in [7, 11) is 0. The maximum Gasteiger partial charge on any atom is 0.303 e. The van der Waals surface area contributed by atoms with Gasteiger partial charge in [-0.05, 0) is 6.42 Å². The van der Waals surface area contributed by atoms with Gasteiger partial charge in [0.25, 0.3) is 0 Å². The quantitative estimate of drug-likeness (QED) is 0.522. The van der Waals surface area contributed by atoms with Crippen LogP contribution in [0.15, 0.2) is 0 Å². The number of carbonyl (C=O) groups excluding carboxylic acids is 1. The Morgan fingerprint density at radius 2 is 2.19 bits per heavy atom. The molecule has 1 atom stereocenters. The van der Waals surface area contributed by atoms with Crippen LogP contribution in [0, 0.1) is 11.8 Å². The van der Waals surface area contributed by atoms with Crippen LogP contribution in [-0.2, 0) is 14.3 Å². The zero-order valence-electron chi connectivity index (χ0n) is 9.99. The molecule has 0 N–H and O–H groups in total. The fourth-order valence-electron chi connectivity index (χ4n) is 1.45. The molecule has 0 aromatic rings. The van der Waals surface area contributed by atoms with Crippen molar-refractivity contribution in [3.8, 4) is 11.8 Å². The van der Waals surface area contributed by atoms with Crippen molar-refractivity contribution in [2.24, 2.45) is 0 Å². The van der Waals surface area contributed by atoms with E-state index in [0.29, 0.717) is 0 Å². The first kappa shape index (κ1) is 13.0. The van der Waals surface area contributed by atoms with Crippen molar-refractivity contribution < 1.29 is 14.3 Å². The summed E-state index contributed by atoms with van der Waals surface area (Å²) in [5.41, 5.74) is 0. The topological polar surface area (TPSA) is 38.8 Å². The predicted octanol–water partition coefficient (Wildman–Crippen LogP) is 0.664. The highest BCUT2D eigenvalue weighted by molar-refractivity contribution is 5.66. The molecule has 16 heavy (non-hydrogen) atoms. The molecule has 1 fully saturated rings. The lowest BCUT2D eigenvalue weighted by atomic mass is 10.3. The third-order valence-corrected chi connectivity index (χ3v) is 2.35. The second-order valence-electron chi connectivity index (χ2n) is 3.72. The Hall–Kier alpha value is -1.05. The molecule has 1 saturated heterocycles. The van der Waals surface area contributed by atoms with Gasteiger partial charge in [0, 0.05) is 20.0 Å². The fraction of sp³-hybridized carbons (Fsp3) is 0.750. The minimum atomic E-state index is -0.271. The normalized spacial score (nSPS) is 18.4. The molecule has 90 valence electrons. The molecule has 1 rings (SSSR count). The van der Waals surface area contributed by atoms with Gasteiger partial charge in [0.1, 0.15) is 0 Å². The summed E-state index contributed by atoms with van der Waals surface area (Å²) in [6.45, 7) is 7.51. The number of ether oxygens (including phenoxy) is 2. The van der Waals surface area contributed by atoms with Crippen molar-refractivity contribution in [2.75, 3.05) is 32.8 Å². The van der Waals surface area contributed by atoms with E-state index in [1.807, 2.05) is 6.92 Å². The highest BCUT2D eigenvalue weighted by atomic mass is 16.5. The van der Waals surface area contributed by atoms with E-state index in [1.54, 1.807) is 0 Å². The minimum Gasteiger partial charge on any atom is -0.449 e. The molecule has 4 heteroatoms. The monoisotopic (exact) mass is 225 g/mol. The molecule has 0 amide bonds. The average molecular weight is 225 g/mol. The van der Waals surface area contributed by atoms with Gasteiger partial charge in [0.15, 0.2) is 6.10 Å². The lowest BCUT2D eigenvalue weighted by Gasteiger charge is -2.24. The second kappa shape index (κ2) is 7.26. The Morgan fingerprint density at radius 3 is 2.75 bits per heavy atom. The Labute approximate surface area is 96.9 Å². The van der Waals surface area contributed by atoms with Crippen LogP contribution in [0.1, 0.15) is 20.3 Å². The summed E-state index contributed by atoms with van der Waals surface area (Å²) in [5.74, 6) is 5.76. The van der Waals surface area contributed by atoms with Crippen LogP contribution in [-0.4, -0.2) is 49.8 Å². The van der Waals surface area contributed by atoms with E-state index >= 15 is 0 Å². The number of nitrogens with zero attached hydrogens (tertiary/aromatic N) is 1. The van der Waals surface area contributed by atoms with Crippen LogP contribution >= 0.6 is 0 Å². The molecule has 0 bridgehead atoms. The van der Waals surface area contributed by atoms with Gasteiger partial charge in [0.2, 0.25) is 0 Å². The SMILES string of the molecule is CC[C@@H](C#CCN1CCOCC1)OC(C)=O. The van der Waals surface area contributed by atoms with Gasteiger partial charge >= 0.3 is 5.97 Å². The molecular formula is C12H19NO3. The molecule has 0 aromatic carbocycles. The predicted molar refractivity (Wildman–Crippen MR) is 60.9 cm³/mol. The summed E-state index contributed by atoms with van der Waals surface area (Å²) in [6, 6.07) is 0. The summed E-state index contributed by atoms with van der Waals surface area (Å²) in [5, 5.41) is 0. The zero-order valence-corrected chi connectivity index (χ0v) is 9.99. The van der Waals surface area contributed by atoms with Gasteiger partial charge in [-0.15, -0.1) is 0 Å². The Morgan fingerprint density at radius 1 is 1.50 bits per heavy atom. The van der Waals surface area contributed by atoms with Crippen LogP contribution in [0.5, 0.6) is 0 Å². The smallest absolute Gasteiger partial charge is 0.303 e. The van der Waals surface area contributed by atoms with Gasteiger partial charge in [0.05, 0.1) is 19.8 Å². The van der Waals surface area contributed by atoms with E-state index in [0.717, 1.165) is 39.3 Å². The van der Waals surface area contributed by atoms with Crippen molar-refractivity contribution in [1.82, 2.24) is 4.90 Å². The minimum absolute atomic E-state index is 0.265. The van der Waals surface area contributed by atoms with Gasteiger partial charge in [-0.2, -0.15) is 0 Å². The summed E-state index contributed by atoms with van der Waals surface area (Å²) < 4.78 is 10.3. The van der Waals surface area contributed by atoms with Gasteiger partial charge in [-0.1, -0.05) is 18.8 Å². The van der Waals surface area contributed by atoms with Crippen LogP contribution in [0.4, 0.5) is 0 Å². The molecule has 0 spiro atoms. The molecule has 0 aromatic heterocycles. The van der Waals surface area contributed by atoms with Crippen LogP contribution in [0.2, 0.25) is 0 Å². The van der Waals surface area contributed by atoms with E-state index in [2.05, 4.69) is 16.7 Å². The number of hydrogen-bond donors (Lipinski definition) is 0. The van der Waals surface area contributed by atoms with Crippen LogP contribution in [0.25, 0.3) is 0 Å². The first-order chi connectivity index (χ1) is 7.72. The molecule has 0 unspecified atom stereocenters. The van der Waals surface area contributed by atoms with Gasteiger partial charge in [-0.3, -0.25) is 9.69 Å². The first-order valence-electron chi connectivity index (χ1n) is 5.68.